The third-order valence-corrected chi connectivity index (χ3v) is 3.94. The molecule has 1 aliphatic heterocycles. The van der Waals surface area contributed by atoms with Crippen molar-refractivity contribution in [3.8, 4) is 0 Å². The molecule has 0 saturated carbocycles. The molecule has 1 saturated heterocycles. The maximum atomic E-state index is 3.68. The molecule has 0 aromatic heterocycles. The second-order valence-electron chi connectivity index (χ2n) is 4.84. The maximum absolute atomic E-state index is 3.68. The van der Waals surface area contributed by atoms with Gasteiger partial charge in [0.15, 0.2) is 0 Å². The van der Waals surface area contributed by atoms with Crippen molar-refractivity contribution in [3.05, 3.63) is 0 Å². The number of piperidine rings is 1. The summed E-state index contributed by atoms with van der Waals surface area (Å²) in [4.78, 5) is 0. The Morgan fingerprint density at radius 2 is 2.08 bits per heavy atom. The summed E-state index contributed by atoms with van der Waals surface area (Å²) in [5.74, 6) is 2.57. The second kappa shape index (κ2) is 4.99. The van der Waals surface area contributed by atoms with E-state index in [1.807, 2.05) is 0 Å². The summed E-state index contributed by atoms with van der Waals surface area (Å²) < 4.78 is 0. The lowest BCUT2D eigenvalue weighted by Crippen LogP contribution is -2.46. The van der Waals surface area contributed by atoms with E-state index < -0.39 is 0 Å². The van der Waals surface area contributed by atoms with Crippen LogP contribution in [0.15, 0.2) is 0 Å². The van der Waals surface area contributed by atoms with Crippen molar-refractivity contribution in [2.45, 2.75) is 53.0 Å². The second-order valence-corrected chi connectivity index (χ2v) is 4.84. The fourth-order valence-electron chi connectivity index (χ4n) is 2.50. The average Bonchev–Trinajstić information content (AvgIpc) is 2.16. The molecule has 78 valence electrons. The molecule has 0 amide bonds. The van der Waals surface area contributed by atoms with Crippen molar-refractivity contribution < 1.29 is 0 Å². The quantitative estimate of drug-likeness (QED) is 0.709. The third kappa shape index (κ3) is 2.70. The van der Waals surface area contributed by atoms with Crippen LogP contribution >= 0.6 is 0 Å². The highest BCUT2D eigenvalue weighted by atomic mass is 14.9. The van der Waals surface area contributed by atoms with Crippen molar-refractivity contribution in [2.24, 2.45) is 17.8 Å². The molecule has 13 heavy (non-hydrogen) atoms. The van der Waals surface area contributed by atoms with E-state index in [-0.39, 0.29) is 0 Å². The van der Waals surface area contributed by atoms with Gasteiger partial charge in [-0.05, 0) is 37.1 Å². The van der Waals surface area contributed by atoms with Crippen LogP contribution in [-0.2, 0) is 0 Å². The van der Waals surface area contributed by atoms with Gasteiger partial charge >= 0.3 is 0 Å². The van der Waals surface area contributed by atoms with E-state index >= 15 is 0 Å². The van der Waals surface area contributed by atoms with E-state index in [0.717, 1.165) is 23.8 Å². The molecule has 0 spiro atoms. The van der Waals surface area contributed by atoms with Crippen LogP contribution < -0.4 is 5.32 Å². The predicted molar refractivity (Wildman–Crippen MR) is 58.8 cm³/mol. The normalized spacial score (nSPS) is 34.2. The van der Waals surface area contributed by atoms with Gasteiger partial charge in [0.05, 0.1) is 0 Å². The van der Waals surface area contributed by atoms with Gasteiger partial charge in [0.2, 0.25) is 0 Å². The number of hydrogen-bond donors (Lipinski definition) is 1. The zero-order valence-electron chi connectivity index (χ0n) is 9.64. The molecule has 1 nitrogen and oxygen atoms in total. The molecule has 0 aromatic carbocycles. The number of hydrogen-bond acceptors (Lipinski definition) is 1. The fraction of sp³-hybridized carbons (Fsp3) is 1.00. The lowest BCUT2D eigenvalue weighted by Gasteiger charge is -2.37. The Morgan fingerprint density at radius 3 is 2.62 bits per heavy atom. The van der Waals surface area contributed by atoms with Crippen molar-refractivity contribution in [1.82, 2.24) is 5.32 Å². The highest BCUT2D eigenvalue weighted by Gasteiger charge is 2.28. The molecular formula is C12H25N. The van der Waals surface area contributed by atoms with E-state index in [1.54, 1.807) is 0 Å². The summed E-state index contributed by atoms with van der Waals surface area (Å²) in [6, 6.07) is 0.767. The van der Waals surface area contributed by atoms with Gasteiger partial charge in [-0.1, -0.05) is 34.1 Å². The molecule has 0 radical (unpaired) electrons. The molecule has 4 atom stereocenters. The molecule has 1 fully saturated rings. The van der Waals surface area contributed by atoms with Gasteiger partial charge in [-0.15, -0.1) is 0 Å². The van der Waals surface area contributed by atoms with E-state index in [4.69, 9.17) is 0 Å². The summed E-state index contributed by atoms with van der Waals surface area (Å²) in [6.45, 7) is 10.7. The first-order valence-electron chi connectivity index (χ1n) is 5.90. The lowest BCUT2D eigenvalue weighted by molar-refractivity contribution is 0.185. The summed E-state index contributed by atoms with van der Waals surface area (Å²) in [5, 5.41) is 3.68. The summed E-state index contributed by atoms with van der Waals surface area (Å²) in [6.07, 6.45) is 4.09. The Hall–Kier alpha value is -0.0400. The van der Waals surface area contributed by atoms with Gasteiger partial charge in [-0.25, -0.2) is 0 Å². The Balaban J connectivity index is 2.47. The van der Waals surface area contributed by atoms with E-state index in [9.17, 15) is 0 Å². The molecule has 1 heteroatoms. The third-order valence-electron chi connectivity index (χ3n) is 3.94. The van der Waals surface area contributed by atoms with Crippen molar-refractivity contribution in [3.63, 3.8) is 0 Å². The Kier molecular flexibility index (Phi) is 4.24. The molecule has 0 aromatic rings. The summed E-state index contributed by atoms with van der Waals surface area (Å²) in [7, 11) is 0. The summed E-state index contributed by atoms with van der Waals surface area (Å²) >= 11 is 0. The smallest absolute Gasteiger partial charge is 0.0121 e. The Labute approximate surface area is 83.3 Å². The van der Waals surface area contributed by atoms with E-state index in [1.165, 1.54) is 25.8 Å². The topological polar surface area (TPSA) is 12.0 Å². The van der Waals surface area contributed by atoms with Gasteiger partial charge in [0, 0.05) is 6.04 Å². The fourth-order valence-corrected chi connectivity index (χ4v) is 2.50. The summed E-state index contributed by atoms with van der Waals surface area (Å²) in [5.41, 5.74) is 0. The minimum atomic E-state index is 0.767. The van der Waals surface area contributed by atoms with Crippen LogP contribution in [0.3, 0.4) is 0 Å². The number of nitrogens with one attached hydrogen (secondary N) is 1. The maximum Gasteiger partial charge on any atom is 0.0121 e. The molecule has 1 rings (SSSR count). The van der Waals surface area contributed by atoms with E-state index in [2.05, 4.69) is 33.0 Å². The van der Waals surface area contributed by atoms with Crippen LogP contribution in [0.2, 0.25) is 0 Å². The SMILES string of the molecule is CCC(C)C(C)C1NCCCC1C. The molecule has 1 aliphatic rings. The van der Waals surface area contributed by atoms with Gasteiger partial charge in [0.1, 0.15) is 0 Å². The average molecular weight is 183 g/mol. The minimum Gasteiger partial charge on any atom is -0.313 e. The molecule has 1 heterocycles. The Morgan fingerprint density at radius 1 is 1.38 bits per heavy atom. The van der Waals surface area contributed by atoms with Crippen LogP contribution in [0.5, 0.6) is 0 Å². The zero-order valence-corrected chi connectivity index (χ0v) is 9.64. The molecular weight excluding hydrogens is 158 g/mol. The van der Waals surface area contributed by atoms with Crippen LogP contribution in [0.4, 0.5) is 0 Å². The van der Waals surface area contributed by atoms with Gasteiger partial charge in [0.25, 0.3) is 0 Å². The molecule has 4 unspecified atom stereocenters. The monoisotopic (exact) mass is 183 g/mol. The van der Waals surface area contributed by atoms with Crippen LogP contribution in [0, 0.1) is 17.8 Å². The van der Waals surface area contributed by atoms with Crippen LogP contribution in [0.25, 0.3) is 0 Å². The van der Waals surface area contributed by atoms with Gasteiger partial charge in [-0.2, -0.15) is 0 Å². The zero-order chi connectivity index (χ0) is 9.84. The van der Waals surface area contributed by atoms with Crippen LogP contribution in [-0.4, -0.2) is 12.6 Å². The van der Waals surface area contributed by atoms with Crippen molar-refractivity contribution >= 4 is 0 Å². The number of rotatable bonds is 3. The molecule has 0 aliphatic carbocycles. The first-order valence-corrected chi connectivity index (χ1v) is 5.90. The van der Waals surface area contributed by atoms with Crippen molar-refractivity contribution in [1.29, 1.82) is 0 Å². The minimum absolute atomic E-state index is 0.767. The first-order chi connectivity index (χ1) is 6.16. The predicted octanol–water partition coefficient (Wildman–Crippen LogP) is 3.06. The van der Waals surface area contributed by atoms with E-state index in [0.29, 0.717) is 0 Å². The lowest BCUT2D eigenvalue weighted by atomic mass is 9.78. The van der Waals surface area contributed by atoms with Gasteiger partial charge in [-0.3, -0.25) is 0 Å². The first kappa shape index (κ1) is 11.0. The highest BCUT2D eigenvalue weighted by Crippen LogP contribution is 2.27. The standard InChI is InChI=1S/C12H25N/c1-5-9(2)11(4)12-10(3)7-6-8-13-12/h9-13H,5-8H2,1-4H3. The molecule has 1 N–H and O–H groups in total. The highest BCUT2D eigenvalue weighted by molar-refractivity contribution is 4.84. The largest absolute Gasteiger partial charge is 0.313 e. The molecule has 0 bridgehead atoms. The van der Waals surface area contributed by atoms with Gasteiger partial charge < -0.3 is 5.32 Å². The Bertz CT molecular complexity index is 144. The van der Waals surface area contributed by atoms with Crippen LogP contribution in [0.1, 0.15) is 47.0 Å². The van der Waals surface area contributed by atoms with Crippen molar-refractivity contribution in [2.75, 3.05) is 6.54 Å².